The van der Waals surface area contributed by atoms with Crippen molar-refractivity contribution in [2.24, 2.45) is 4.99 Å². The molecule has 1 N–H and O–H groups in total. The van der Waals surface area contributed by atoms with Gasteiger partial charge in [0.1, 0.15) is 0 Å². The first-order valence-corrected chi connectivity index (χ1v) is 6.17. The number of phenolic OH excluding ortho intramolecular Hbond substituents is 1. The topological polar surface area (TPSA) is 85.0 Å². The highest BCUT2D eigenvalue weighted by atomic mass is 16.6. The summed E-state index contributed by atoms with van der Waals surface area (Å²) in [4.78, 5) is 14.5. The zero-order valence-corrected chi connectivity index (χ0v) is 11.6. The van der Waals surface area contributed by atoms with E-state index in [-0.39, 0.29) is 11.4 Å². The summed E-state index contributed by atoms with van der Waals surface area (Å²) < 4.78 is 4.96. The monoisotopic (exact) mass is 286 g/mol. The third-order valence-corrected chi connectivity index (χ3v) is 2.95. The van der Waals surface area contributed by atoms with Gasteiger partial charge in [0.15, 0.2) is 11.5 Å². The van der Waals surface area contributed by atoms with E-state index in [0.717, 1.165) is 0 Å². The molecule has 0 heterocycles. The van der Waals surface area contributed by atoms with Gasteiger partial charge in [-0.15, -0.1) is 0 Å². The first-order valence-electron chi connectivity index (χ1n) is 6.17. The van der Waals surface area contributed by atoms with Crippen molar-refractivity contribution >= 4 is 17.6 Å². The van der Waals surface area contributed by atoms with Crippen LogP contribution in [0.2, 0.25) is 0 Å². The Kier molecular flexibility index (Phi) is 4.18. The Morgan fingerprint density at radius 2 is 2.05 bits per heavy atom. The predicted molar refractivity (Wildman–Crippen MR) is 79.7 cm³/mol. The zero-order valence-electron chi connectivity index (χ0n) is 11.6. The van der Waals surface area contributed by atoms with Crippen LogP contribution in [0.3, 0.4) is 0 Å². The minimum atomic E-state index is -0.442. The molecule has 0 spiro atoms. The van der Waals surface area contributed by atoms with Crippen LogP contribution in [0.4, 0.5) is 11.4 Å². The Morgan fingerprint density at radius 1 is 1.29 bits per heavy atom. The van der Waals surface area contributed by atoms with Gasteiger partial charge in [0.05, 0.1) is 17.7 Å². The summed E-state index contributed by atoms with van der Waals surface area (Å²) in [6, 6.07) is 9.39. The number of methoxy groups -OCH3 is 1. The van der Waals surface area contributed by atoms with Crippen LogP contribution in [0.1, 0.15) is 11.1 Å². The summed E-state index contributed by atoms with van der Waals surface area (Å²) in [6.45, 7) is 1.76. The highest BCUT2D eigenvalue weighted by Gasteiger charge is 2.07. The number of hydrogen-bond acceptors (Lipinski definition) is 5. The lowest BCUT2D eigenvalue weighted by molar-refractivity contribution is -0.384. The lowest BCUT2D eigenvalue weighted by Crippen LogP contribution is -1.89. The fraction of sp³-hybridized carbons (Fsp3) is 0.133. The molecule has 0 aliphatic rings. The number of non-ortho nitro benzene ring substituents is 1. The first kappa shape index (κ1) is 14.5. The van der Waals surface area contributed by atoms with E-state index in [2.05, 4.69) is 4.99 Å². The highest BCUT2D eigenvalue weighted by molar-refractivity contribution is 5.83. The third-order valence-electron chi connectivity index (χ3n) is 2.95. The number of ether oxygens (including phenoxy) is 1. The molecular weight excluding hydrogens is 272 g/mol. The number of phenols is 1. The van der Waals surface area contributed by atoms with Crippen LogP contribution >= 0.6 is 0 Å². The molecule has 108 valence electrons. The first-order chi connectivity index (χ1) is 10.0. The van der Waals surface area contributed by atoms with Gasteiger partial charge in [0.2, 0.25) is 0 Å². The normalized spacial score (nSPS) is 10.8. The van der Waals surface area contributed by atoms with Crippen molar-refractivity contribution in [3.63, 3.8) is 0 Å². The Hall–Kier alpha value is -2.89. The van der Waals surface area contributed by atoms with Crippen molar-refractivity contribution in [2.75, 3.05) is 7.11 Å². The molecule has 0 fully saturated rings. The summed E-state index contributed by atoms with van der Waals surface area (Å²) in [5.74, 6) is 0.417. The maximum atomic E-state index is 10.7. The lowest BCUT2D eigenvalue weighted by Gasteiger charge is -2.03. The molecule has 0 bridgehead atoms. The molecule has 0 aliphatic carbocycles. The zero-order chi connectivity index (χ0) is 15.4. The van der Waals surface area contributed by atoms with Crippen molar-refractivity contribution in [3.05, 3.63) is 57.6 Å². The van der Waals surface area contributed by atoms with Gasteiger partial charge in [-0.2, -0.15) is 0 Å². The van der Waals surface area contributed by atoms with Crippen molar-refractivity contribution in [1.29, 1.82) is 0 Å². The minimum absolute atomic E-state index is 0.0295. The molecular formula is C15H14N2O4. The SMILES string of the molecule is COc1ccc(C=Nc2ccc([N+](=O)[O-])cc2C)cc1O. The summed E-state index contributed by atoms with van der Waals surface area (Å²) in [7, 11) is 1.48. The fourth-order valence-corrected chi connectivity index (χ4v) is 1.83. The second-order valence-corrected chi connectivity index (χ2v) is 4.42. The Balaban J connectivity index is 2.25. The van der Waals surface area contributed by atoms with Crippen LogP contribution < -0.4 is 4.74 Å². The number of aromatic hydroxyl groups is 1. The average Bonchev–Trinajstić information content (AvgIpc) is 2.46. The molecule has 0 amide bonds. The summed E-state index contributed by atoms with van der Waals surface area (Å²) in [6.07, 6.45) is 1.58. The summed E-state index contributed by atoms with van der Waals surface area (Å²) in [5, 5.41) is 20.3. The van der Waals surface area contributed by atoms with Crippen molar-refractivity contribution in [3.8, 4) is 11.5 Å². The van der Waals surface area contributed by atoms with Gasteiger partial charge in [-0.25, -0.2) is 0 Å². The second-order valence-electron chi connectivity index (χ2n) is 4.42. The molecule has 0 saturated heterocycles. The van der Waals surface area contributed by atoms with Crippen LogP contribution in [-0.2, 0) is 0 Å². The summed E-state index contributed by atoms with van der Waals surface area (Å²) >= 11 is 0. The molecule has 0 unspecified atom stereocenters. The second kappa shape index (κ2) is 6.04. The van der Waals surface area contributed by atoms with E-state index in [1.165, 1.54) is 25.3 Å². The van der Waals surface area contributed by atoms with Crippen LogP contribution in [-0.4, -0.2) is 23.4 Å². The van der Waals surface area contributed by atoms with E-state index in [0.29, 0.717) is 22.6 Å². The Morgan fingerprint density at radius 3 is 2.62 bits per heavy atom. The molecule has 0 aromatic heterocycles. The fourth-order valence-electron chi connectivity index (χ4n) is 1.83. The van der Waals surface area contributed by atoms with Crippen LogP contribution in [0.5, 0.6) is 11.5 Å². The Labute approximate surface area is 121 Å². The largest absolute Gasteiger partial charge is 0.504 e. The number of aliphatic imine (C=N–C) groups is 1. The molecule has 0 atom stereocenters. The van der Waals surface area contributed by atoms with Gasteiger partial charge in [-0.3, -0.25) is 15.1 Å². The van der Waals surface area contributed by atoms with E-state index >= 15 is 0 Å². The van der Waals surface area contributed by atoms with Gasteiger partial charge in [-0.05, 0) is 42.3 Å². The number of hydrogen-bond donors (Lipinski definition) is 1. The van der Waals surface area contributed by atoms with Crippen molar-refractivity contribution in [2.45, 2.75) is 6.92 Å². The van der Waals surface area contributed by atoms with Gasteiger partial charge in [0.25, 0.3) is 5.69 Å². The smallest absolute Gasteiger partial charge is 0.269 e. The standard InChI is InChI=1S/C15H14N2O4/c1-10-7-12(17(19)20)4-5-13(10)16-9-11-3-6-15(21-2)14(18)8-11/h3-9,18H,1-2H3. The van der Waals surface area contributed by atoms with E-state index in [1.807, 2.05) is 0 Å². The number of nitro groups is 1. The number of aryl methyl sites for hydroxylation is 1. The number of nitro benzene ring substituents is 1. The molecule has 21 heavy (non-hydrogen) atoms. The number of rotatable bonds is 4. The number of nitrogens with zero attached hydrogens (tertiary/aromatic N) is 2. The minimum Gasteiger partial charge on any atom is -0.504 e. The van der Waals surface area contributed by atoms with E-state index in [1.54, 1.807) is 31.3 Å². The lowest BCUT2D eigenvalue weighted by atomic mass is 10.2. The van der Waals surface area contributed by atoms with E-state index < -0.39 is 4.92 Å². The molecule has 0 saturated carbocycles. The van der Waals surface area contributed by atoms with Gasteiger partial charge in [-0.1, -0.05) is 0 Å². The quantitative estimate of drug-likeness (QED) is 0.530. The molecule has 2 aromatic rings. The Bertz CT molecular complexity index is 711. The maximum absolute atomic E-state index is 10.7. The predicted octanol–water partition coefficient (Wildman–Crippen LogP) is 3.37. The molecule has 6 heteroatoms. The van der Waals surface area contributed by atoms with Gasteiger partial charge >= 0.3 is 0 Å². The average molecular weight is 286 g/mol. The molecule has 2 aromatic carbocycles. The van der Waals surface area contributed by atoms with Gasteiger partial charge in [0, 0.05) is 18.3 Å². The van der Waals surface area contributed by atoms with Crippen LogP contribution in [0.25, 0.3) is 0 Å². The van der Waals surface area contributed by atoms with Crippen molar-refractivity contribution < 1.29 is 14.8 Å². The maximum Gasteiger partial charge on any atom is 0.269 e. The molecule has 2 rings (SSSR count). The van der Waals surface area contributed by atoms with Crippen LogP contribution in [0.15, 0.2) is 41.4 Å². The van der Waals surface area contributed by atoms with Gasteiger partial charge < -0.3 is 9.84 Å². The van der Waals surface area contributed by atoms with E-state index in [9.17, 15) is 15.2 Å². The van der Waals surface area contributed by atoms with Crippen molar-refractivity contribution in [1.82, 2.24) is 0 Å². The molecule has 0 radical (unpaired) electrons. The highest BCUT2D eigenvalue weighted by Crippen LogP contribution is 2.27. The molecule has 6 nitrogen and oxygen atoms in total. The number of benzene rings is 2. The summed E-state index contributed by atoms with van der Waals surface area (Å²) in [5.41, 5.74) is 2.08. The van der Waals surface area contributed by atoms with Crippen LogP contribution in [0, 0.1) is 17.0 Å². The third kappa shape index (κ3) is 3.36. The molecule has 0 aliphatic heterocycles. The van der Waals surface area contributed by atoms with E-state index in [4.69, 9.17) is 4.74 Å².